The van der Waals surface area contributed by atoms with Gasteiger partial charge in [0.05, 0.1) is 13.2 Å². The number of ether oxygens (including phenoxy) is 2. The number of carbonyl (C=O) groups is 1. The third-order valence-electron chi connectivity index (χ3n) is 2.23. The molecule has 0 spiro atoms. The predicted octanol–water partition coefficient (Wildman–Crippen LogP) is 2.69. The van der Waals surface area contributed by atoms with E-state index in [-0.39, 0.29) is 6.10 Å². The van der Waals surface area contributed by atoms with E-state index in [2.05, 4.69) is 6.92 Å². The van der Waals surface area contributed by atoms with E-state index < -0.39 is 0 Å². The van der Waals surface area contributed by atoms with Crippen LogP contribution in [0.5, 0.6) is 11.5 Å². The maximum absolute atomic E-state index is 10.6. The molecule has 3 heteroatoms. The van der Waals surface area contributed by atoms with Crippen molar-refractivity contribution >= 4 is 6.29 Å². The highest BCUT2D eigenvalue weighted by Crippen LogP contribution is 2.28. The van der Waals surface area contributed by atoms with Gasteiger partial charge in [0.1, 0.15) is 6.29 Å². The molecule has 0 heterocycles. The first-order valence-corrected chi connectivity index (χ1v) is 5.01. The third-order valence-corrected chi connectivity index (χ3v) is 2.23. The summed E-state index contributed by atoms with van der Waals surface area (Å²) in [7, 11) is 1.56. The van der Waals surface area contributed by atoms with E-state index in [4.69, 9.17) is 9.47 Å². The molecule has 0 amide bonds. The van der Waals surface area contributed by atoms with Gasteiger partial charge in [-0.3, -0.25) is 4.79 Å². The van der Waals surface area contributed by atoms with Gasteiger partial charge in [0.15, 0.2) is 11.5 Å². The molecule has 1 aromatic rings. The second-order valence-electron chi connectivity index (χ2n) is 3.36. The Kier molecular flexibility index (Phi) is 4.16. The Morgan fingerprint density at radius 3 is 2.67 bits per heavy atom. The molecule has 0 saturated carbocycles. The van der Waals surface area contributed by atoms with Crippen LogP contribution >= 0.6 is 0 Å². The molecule has 0 saturated heterocycles. The van der Waals surface area contributed by atoms with E-state index in [1.54, 1.807) is 25.3 Å². The van der Waals surface area contributed by atoms with Crippen LogP contribution in [0, 0.1) is 0 Å². The number of hydrogen-bond acceptors (Lipinski definition) is 3. The summed E-state index contributed by atoms with van der Waals surface area (Å²) in [6.07, 6.45) is 1.86. The summed E-state index contributed by atoms with van der Waals surface area (Å²) in [4.78, 5) is 10.6. The van der Waals surface area contributed by atoms with Crippen LogP contribution in [0.4, 0.5) is 0 Å². The van der Waals surface area contributed by atoms with Crippen molar-refractivity contribution in [3.8, 4) is 11.5 Å². The van der Waals surface area contributed by atoms with Crippen LogP contribution in [0.15, 0.2) is 18.2 Å². The van der Waals surface area contributed by atoms with Gasteiger partial charge in [-0.2, -0.15) is 0 Å². The van der Waals surface area contributed by atoms with Crippen LogP contribution in [0.3, 0.4) is 0 Å². The SMILES string of the molecule is CC[C@H](C)Oc1ccc(C=O)cc1OC. The molecule has 0 bridgehead atoms. The first-order valence-electron chi connectivity index (χ1n) is 5.01. The molecule has 1 rings (SSSR count). The molecule has 0 fully saturated rings. The van der Waals surface area contributed by atoms with Gasteiger partial charge in [0, 0.05) is 5.56 Å². The highest BCUT2D eigenvalue weighted by Gasteiger charge is 2.08. The molecule has 3 nitrogen and oxygen atoms in total. The maximum atomic E-state index is 10.6. The minimum atomic E-state index is 0.140. The van der Waals surface area contributed by atoms with E-state index in [0.29, 0.717) is 17.1 Å². The van der Waals surface area contributed by atoms with Crippen molar-refractivity contribution in [1.29, 1.82) is 0 Å². The van der Waals surface area contributed by atoms with Gasteiger partial charge in [-0.15, -0.1) is 0 Å². The number of carbonyl (C=O) groups excluding carboxylic acids is 1. The lowest BCUT2D eigenvalue weighted by molar-refractivity contribution is 0.112. The fourth-order valence-corrected chi connectivity index (χ4v) is 1.15. The quantitative estimate of drug-likeness (QED) is 0.698. The fraction of sp³-hybridized carbons (Fsp3) is 0.417. The fourth-order valence-electron chi connectivity index (χ4n) is 1.15. The molecule has 0 aliphatic heterocycles. The molecule has 1 atom stereocenters. The van der Waals surface area contributed by atoms with Gasteiger partial charge in [0.25, 0.3) is 0 Å². The van der Waals surface area contributed by atoms with E-state index >= 15 is 0 Å². The van der Waals surface area contributed by atoms with Gasteiger partial charge >= 0.3 is 0 Å². The van der Waals surface area contributed by atoms with Crippen LogP contribution in [0.1, 0.15) is 30.6 Å². The standard InChI is InChI=1S/C12H16O3/c1-4-9(2)15-11-6-5-10(8-13)7-12(11)14-3/h5-9H,4H2,1-3H3/t9-/m0/s1. The molecular weight excluding hydrogens is 192 g/mol. The van der Waals surface area contributed by atoms with Gasteiger partial charge in [-0.25, -0.2) is 0 Å². The van der Waals surface area contributed by atoms with Crippen LogP contribution in [0.25, 0.3) is 0 Å². The summed E-state index contributed by atoms with van der Waals surface area (Å²) in [6, 6.07) is 5.15. The van der Waals surface area contributed by atoms with Crippen molar-refractivity contribution in [2.75, 3.05) is 7.11 Å². The summed E-state index contributed by atoms with van der Waals surface area (Å²) < 4.78 is 10.8. The minimum absolute atomic E-state index is 0.140. The summed E-state index contributed by atoms with van der Waals surface area (Å²) in [5, 5.41) is 0. The van der Waals surface area contributed by atoms with E-state index in [1.807, 2.05) is 6.92 Å². The Morgan fingerprint density at radius 2 is 2.13 bits per heavy atom. The van der Waals surface area contributed by atoms with Gasteiger partial charge in [-0.05, 0) is 31.5 Å². The smallest absolute Gasteiger partial charge is 0.161 e. The van der Waals surface area contributed by atoms with Crippen LogP contribution < -0.4 is 9.47 Å². The zero-order valence-electron chi connectivity index (χ0n) is 9.32. The highest BCUT2D eigenvalue weighted by atomic mass is 16.5. The number of aldehydes is 1. The first-order chi connectivity index (χ1) is 7.21. The Balaban J connectivity index is 2.92. The Labute approximate surface area is 90.0 Å². The van der Waals surface area contributed by atoms with Crippen molar-refractivity contribution in [2.24, 2.45) is 0 Å². The number of methoxy groups -OCH3 is 1. The molecule has 82 valence electrons. The van der Waals surface area contributed by atoms with Gasteiger partial charge in [0.2, 0.25) is 0 Å². The largest absolute Gasteiger partial charge is 0.493 e. The molecule has 0 aromatic heterocycles. The Hall–Kier alpha value is -1.51. The van der Waals surface area contributed by atoms with Gasteiger partial charge < -0.3 is 9.47 Å². The van der Waals surface area contributed by atoms with Crippen LogP contribution in [-0.2, 0) is 0 Å². The number of hydrogen-bond donors (Lipinski definition) is 0. The Bertz CT molecular complexity index is 334. The lowest BCUT2D eigenvalue weighted by Gasteiger charge is -2.15. The zero-order chi connectivity index (χ0) is 11.3. The molecule has 0 aliphatic carbocycles. The van der Waals surface area contributed by atoms with Crippen molar-refractivity contribution in [2.45, 2.75) is 26.4 Å². The van der Waals surface area contributed by atoms with Crippen molar-refractivity contribution in [3.05, 3.63) is 23.8 Å². The maximum Gasteiger partial charge on any atom is 0.161 e. The molecule has 1 aromatic carbocycles. The zero-order valence-corrected chi connectivity index (χ0v) is 9.32. The van der Waals surface area contributed by atoms with Crippen LogP contribution in [0.2, 0.25) is 0 Å². The predicted molar refractivity (Wildman–Crippen MR) is 58.8 cm³/mol. The number of rotatable bonds is 5. The molecule has 0 aliphatic rings. The van der Waals surface area contributed by atoms with Crippen molar-refractivity contribution in [3.63, 3.8) is 0 Å². The normalized spacial score (nSPS) is 11.9. The molecular formula is C12H16O3. The monoisotopic (exact) mass is 208 g/mol. The Morgan fingerprint density at radius 1 is 1.40 bits per heavy atom. The average molecular weight is 208 g/mol. The van der Waals surface area contributed by atoms with E-state index in [0.717, 1.165) is 12.7 Å². The van der Waals surface area contributed by atoms with Gasteiger partial charge in [-0.1, -0.05) is 6.92 Å². The summed E-state index contributed by atoms with van der Waals surface area (Å²) in [6.45, 7) is 4.05. The molecule has 0 N–H and O–H groups in total. The molecule has 0 unspecified atom stereocenters. The lowest BCUT2D eigenvalue weighted by Crippen LogP contribution is -2.10. The lowest BCUT2D eigenvalue weighted by atomic mass is 10.2. The first kappa shape index (κ1) is 11.6. The van der Waals surface area contributed by atoms with Crippen LogP contribution in [-0.4, -0.2) is 19.5 Å². The number of benzene rings is 1. The summed E-state index contributed by atoms with van der Waals surface area (Å²) in [5.74, 6) is 1.28. The second-order valence-corrected chi connectivity index (χ2v) is 3.36. The molecule has 0 radical (unpaired) electrons. The summed E-state index contributed by atoms with van der Waals surface area (Å²) in [5.41, 5.74) is 0.586. The average Bonchev–Trinajstić information content (AvgIpc) is 2.29. The third kappa shape index (κ3) is 2.98. The topological polar surface area (TPSA) is 35.5 Å². The van der Waals surface area contributed by atoms with E-state index in [1.165, 1.54) is 0 Å². The van der Waals surface area contributed by atoms with Crippen molar-refractivity contribution in [1.82, 2.24) is 0 Å². The van der Waals surface area contributed by atoms with Crippen molar-refractivity contribution < 1.29 is 14.3 Å². The second kappa shape index (κ2) is 5.39. The van der Waals surface area contributed by atoms with E-state index in [9.17, 15) is 4.79 Å². The molecule has 15 heavy (non-hydrogen) atoms. The summed E-state index contributed by atoms with van der Waals surface area (Å²) >= 11 is 0. The minimum Gasteiger partial charge on any atom is -0.493 e. The highest BCUT2D eigenvalue weighted by molar-refractivity contribution is 5.76.